The zero-order valence-corrected chi connectivity index (χ0v) is 16.2. The molecular formula is C19H23N3O4S. The van der Waals surface area contributed by atoms with Crippen LogP contribution in [0.15, 0.2) is 47.4 Å². The summed E-state index contributed by atoms with van der Waals surface area (Å²) in [4.78, 5) is 14.6. The Labute approximate surface area is 159 Å². The van der Waals surface area contributed by atoms with Crippen molar-refractivity contribution in [2.24, 2.45) is 0 Å². The second-order valence-electron chi connectivity index (χ2n) is 6.35. The molecule has 1 amide bonds. The molecule has 3 rings (SSSR count). The second kappa shape index (κ2) is 7.98. The van der Waals surface area contributed by atoms with E-state index in [1.165, 1.54) is 12.1 Å². The van der Waals surface area contributed by atoms with Crippen molar-refractivity contribution in [3.05, 3.63) is 53.6 Å². The van der Waals surface area contributed by atoms with E-state index < -0.39 is 10.0 Å². The molecule has 0 aliphatic carbocycles. The summed E-state index contributed by atoms with van der Waals surface area (Å²) in [5.41, 5.74) is 1.59. The molecule has 144 valence electrons. The monoisotopic (exact) mass is 389 g/mol. The smallest absolute Gasteiger partial charge is 0.261 e. The minimum absolute atomic E-state index is 0.0578. The highest BCUT2D eigenvalue weighted by Gasteiger charge is 2.22. The van der Waals surface area contributed by atoms with Gasteiger partial charge in [-0.05, 0) is 48.9 Å². The van der Waals surface area contributed by atoms with Crippen LogP contribution in [0.4, 0.5) is 5.69 Å². The number of carbonyl (C=O) groups excluding carboxylic acids is 1. The van der Waals surface area contributed by atoms with Crippen LogP contribution in [-0.4, -0.2) is 52.5 Å². The number of methoxy groups -OCH3 is 1. The third-order valence-electron chi connectivity index (χ3n) is 4.50. The number of piperazine rings is 1. The van der Waals surface area contributed by atoms with Crippen LogP contribution in [0.3, 0.4) is 0 Å². The molecule has 0 aromatic heterocycles. The molecule has 2 aromatic carbocycles. The lowest BCUT2D eigenvalue weighted by atomic mass is 10.1. The SMILES string of the molecule is COc1ccc(NS(=O)(=O)c2ccc(C)c(C(=O)N3CCNCC3)c2)cc1. The Morgan fingerprint density at radius 1 is 1.11 bits per heavy atom. The van der Waals surface area contributed by atoms with Crippen LogP contribution in [0, 0.1) is 6.92 Å². The van der Waals surface area contributed by atoms with E-state index in [-0.39, 0.29) is 10.8 Å². The number of anilines is 1. The van der Waals surface area contributed by atoms with E-state index >= 15 is 0 Å². The summed E-state index contributed by atoms with van der Waals surface area (Å²) in [5.74, 6) is 0.493. The molecule has 1 aliphatic heterocycles. The summed E-state index contributed by atoms with van der Waals surface area (Å²) >= 11 is 0. The third kappa shape index (κ3) is 4.40. The fourth-order valence-electron chi connectivity index (χ4n) is 2.91. The number of nitrogens with zero attached hydrogens (tertiary/aromatic N) is 1. The van der Waals surface area contributed by atoms with Crippen molar-refractivity contribution in [2.45, 2.75) is 11.8 Å². The van der Waals surface area contributed by atoms with Gasteiger partial charge in [0.15, 0.2) is 0 Å². The fraction of sp³-hybridized carbons (Fsp3) is 0.316. The Hall–Kier alpha value is -2.58. The third-order valence-corrected chi connectivity index (χ3v) is 5.88. The summed E-state index contributed by atoms with van der Waals surface area (Å²) in [7, 11) is -2.27. The molecule has 1 fully saturated rings. The van der Waals surface area contributed by atoms with Crippen molar-refractivity contribution >= 4 is 21.6 Å². The van der Waals surface area contributed by atoms with Crippen LogP contribution in [0.2, 0.25) is 0 Å². The topological polar surface area (TPSA) is 87.7 Å². The quantitative estimate of drug-likeness (QED) is 0.815. The summed E-state index contributed by atoms with van der Waals surface area (Å²) < 4.78 is 33.1. The van der Waals surface area contributed by atoms with Crippen LogP contribution in [0.25, 0.3) is 0 Å². The van der Waals surface area contributed by atoms with E-state index in [2.05, 4.69) is 10.0 Å². The molecule has 2 aromatic rings. The summed E-state index contributed by atoms with van der Waals surface area (Å²) in [5, 5.41) is 3.20. The van der Waals surface area contributed by atoms with Gasteiger partial charge in [0.1, 0.15) is 5.75 Å². The predicted molar refractivity (Wildman–Crippen MR) is 104 cm³/mol. The number of aryl methyl sites for hydroxylation is 1. The number of nitrogens with one attached hydrogen (secondary N) is 2. The van der Waals surface area contributed by atoms with Crippen molar-refractivity contribution in [1.29, 1.82) is 0 Å². The first-order chi connectivity index (χ1) is 12.9. The Bertz CT molecular complexity index is 920. The lowest BCUT2D eigenvalue weighted by Gasteiger charge is -2.28. The van der Waals surface area contributed by atoms with Gasteiger partial charge in [0, 0.05) is 37.4 Å². The van der Waals surface area contributed by atoms with Crippen molar-refractivity contribution in [2.75, 3.05) is 38.0 Å². The number of hydrogen-bond acceptors (Lipinski definition) is 5. The number of rotatable bonds is 5. The van der Waals surface area contributed by atoms with Gasteiger partial charge in [-0.25, -0.2) is 8.42 Å². The molecule has 1 saturated heterocycles. The molecular weight excluding hydrogens is 366 g/mol. The molecule has 0 radical (unpaired) electrons. The Balaban J connectivity index is 1.85. The van der Waals surface area contributed by atoms with Crippen LogP contribution >= 0.6 is 0 Å². The van der Waals surface area contributed by atoms with Crippen molar-refractivity contribution < 1.29 is 17.9 Å². The molecule has 8 heteroatoms. The standard InChI is InChI=1S/C19H23N3O4S/c1-14-3-8-17(13-18(14)19(23)22-11-9-20-10-12-22)27(24,25)21-15-4-6-16(26-2)7-5-15/h3-8,13,20-21H,9-12H2,1-2H3. The molecule has 0 unspecified atom stereocenters. The zero-order chi connectivity index (χ0) is 19.4. The number of benzene rings is 2. The molecule has 0 atom stereocenters. The second-order valence-corrected chi connectivity index (χ2v) is 8.04. The van der Waals surface area contributed by atoms with Crippen LogP contribution < -0.4 is 14.8 Å². The Morgan fingerprint density at radius 2 is 1.78 bits per heavy atom. The number of amides is 1. The first kappa shape index (κ1) is 19.2. The molecule has 0 saturated carbocycles. The maximum Gasteiger partial charge on any atom is 0.261 e. The van der Waals surface area contributed by atoms with Gasteiger partial charge in [0.25, 0.3) is 15.9 Å². The van der Waals surface area contributed by atoms with Gasteiger partial charge >= 0.3 is 0 Å². The van der Waals surface area contributed by atoms with Gasteiger partial charge < -0.3 is 15.0 Å². The number of hydrogen-bond donors (Lipinski definition) is 2. The van der Waals surface area contributed by atoms with E-state index in [1.807, 2.05) is 6.92 Å². The van der Waals surface area contributed by atoms with Crippen LogP contribution in [0.1, 0.15) is 15.9 Å². The van der Waals surface area contributed by atoms with Gasteiger partial charge in [-0.1, -0.05) is 6.07 Å². The lowest BCUT2D eigenvalue weighted by molar-refractivity contribution is 0.0735. The highest BCUT2D eigenvalue weighted by molar-refractivity contribution is 7.92. The molecule has 2 N–H and O–H groups in total. The fourth-order valence-corrected chi connectivity index (χ4v) is 3.99. The highest BCUT2D eigenvalue weighted by atomic mass is 32.2. The Morgan fingerprint density at radius 3 is 2.41 bits per heavy atom. The maximum absolute atomic E-state index is 12.8. The first-order valence-electron chi connectivity index (χ1n) is 8.68. The highest BCUT2D eigenvalue weighted by Crippen LogP contribution is 2.22. The van der Waals surface area contributed by atoms with Crippen molar-refractivity contribution in [3.63, 3.8) is 0 Å². The van der Waals surface area contributed by atoms with E-state index in [1.54, 1.807) is 42.3 Å². The zero-order valence-electron chi connectivity index (χ0n) is 15.4. The summed E-state index contributed by atoms with van der Waals surface area (Å²) in [6.07, 6.45) is 0. The molecule has 1 aliphatic rings. The summed E-state index contributed by atoms with van der Waals surface area (Å²) in [6, 6.07) is 11.2. The van der Waals surface area contributed by atoms with Crippen molar-refractivity contribution in [3.8, 4) is 5.75 Å². The molecule has 27 heavy (non-hydrogen) atoms. The van der Waals surface area contributed by atoms with E-state index in [0.29, 0.717) is 30.1 Å². The summed E-state index contributed by atoms with van der Waals surface area (Å²) in [6.45, 7) is 4.50. The molecule has 0 spiro atoms. The number of ether oxygens (including phenoxy) is 1. The molecule has 0 bridgehead atoms. The van der Waals surface area contributed by atoms with Crippen LogP contribution in [0.5, 0.6) is 5.75 Å². The van der Waals surface area contributed by atoms with Gasteiger partial charge in [0.05, 0.1) is 12.0 Å². The normalized spacial score (nSPS) is 14.7. The molecule has 7 nitrogen and oxygen atoms in total. The van der Waals surface area contributed by atoms with E-state index in [9.17, 15) is 13.2 Å². The first-order valence-corrected chi connectivity index (χ1v) is 10.2. The van der Waals surface area contributed by atoms with Crippen molar-refractivity contribution in [1.82, 2.24) is 10.2 Å². The van der Waals surface area contributed by atoms with E-state index in [0.717, 1.165) is 18.7 Å². The molecule has 1 heterocycles. The number of sulfonamides is 1. The average molecular weight is 389 g/mol. The maximum atomic E-state index is 12.8. The largest absolute Gasteiger partial charge is 0.497 e. The van der Waals surface area contributed by atoms with Crippen LogP contribution in [-0.2, 0) is 10.0 Å². The van der Waals surface area contributed by atoms with Gasteiger partial charge in [-0.3, -0.25) is 9.52 Å². The van der Waals surface area contributed by atoms with Gasteiger partial charge in [0.2, 0.25) is 0 Å². The Kier molecular flexibility index (Phi) is 5.67. The minimum atomic E-state index is -3.81. The predicted octanol–water partition coefficient (Wildman–Crippen LogP) is 1.85. The number of carbonyl (C=O) groups is 1. The lowest BCUT2D eigenvalue weighted by Crippen LogP contribution is -2.46. The van der Waals surface area contributed by atoms with Gasteiger partial charge in [-0.2, -0.15) is 0 Å². The average Bonchev–Trinajstić information content (AvgIpc) is 2.68. The minimum Gasteiger partial charge on any atom is -0.497 e. The van der Waals surface area contributed by atoms with E-state index in [4.69, 9.17) is 4.74 Å². The van der Waals surface area contributed by atoms with Gasteiger partial charge in [-0.15, -0.1) is 0 Å².